The van der Waals surface area contributed by atoms with Crippen molar-refractivity contribution in [3.8, 4) is 12.3 Å². The molecular formula is C15H20BrN3O. The Morgan fingerprint density at radius 1 is 1.60 bits per heavy atom. The lowest BCUT2D eigenvalue weighted by Crippen LogP contribution is -2.39. The molecule has 0 spiro atoms. The van der Waals surface area contributed by atoms with E-state index in [-0.39, 0.29) is 17.5 Å². The van der Waals surface area contributed by atoms with E-state index in [9.17, 15) is 4.79 Å². The molecule has 1 fully saturated rings. The summed E-state index contributed by atoms with van der Waals surface area (Å²) in [5.74, 6) is 2.43. The number of rotatable bonds is 3. The Labute approximate surface area is 128 Å². The third-order valence-corrected chi connectivity index (χ3v) is 4.83. The van der Waals surface area contributed by atoms with Crippen LogP contribution in [0.15, 0.2) is 15.5 Å². The van der Waals surface area contributed by atoms with E-state index in [1.807, 2.05) is 0 Å². The van der Waals surface area contributed by atoms with Crippen LogP contribution in [-0.2, 0) is 6.54 Å². The molecule has 5 heteroatoms. The summed E-state index contributed by atoms with van der Waals surface area (Å²) in [7, 11) is 0. The van der Waals surface area contributed by atoms with E-state index in [1.165, 1.54) is 23.9 Å². The Balaban J connectivity index is 2.24. The molecule has 1 unspecified atom stereocenters. The Kier molecular flexibility index (Phi) is 4.54. The van der Waals surface area contributed by atoms with Crippen LogP contribution in [-0.4, -0.2) is 15.8 Å². The van der Waals surface area contributed by atoms with E-state index in [0.29, 0.717) is 10.5 Å². The second-order valence-corrected chi connectivity index (χ2v) is 6.76. The van der Waals surface area contributed by atoms with E-state index in [2.05, 4.69) is 46.1 Å². The predicted octanol–water partition coefficient (Wildman–Crippen LogP) is 3.02. The molecule has 20 heavy (non-hydrogen) atoms. The van der Waals surface area contributed by atoms with Crippen LogP contribution < -0.4 is 10.9 Å². The van der Waals surface area contributed by atoms with Gasteiger partial charge in [0.1, 0.15) is 11.0 Å². The maximum atomic E-state index is 12.1. The molecule has 108 valence electrons. The van der Waals surface area contributed by atoms with Crippen molar-refractivity contribution in [2.45, 2.75) is 52.1 Å². The lowest BCUT2D eigenvalue weighted by Gasteiger charge is -2.39. The van der Waals surface area contributed by atoms with Gasteiger partial charge in [0.25, 0.3) is 5.56 Å². The third kappa shape index (κ3) is 3.06. The first-order valence-corrected chi connectivity index (χ1v) is 7.70. The first-order chi connectivity index (χ1) is 9.45. The van der Waals surface area contributed by atoms with Gasteiger partial charge < -0.3 is 5.32 Å². The maximum absolute atomic E-state index is 12.1. The third-order valence-electron chi connectivity index (χ3n) is 4.06. The van der Waals surface area contributed by atoms with Gasteiger partial charge in [0.2, 0.25) is 0 Å². The van der Waals surface area contributed by atoms with Crippen molar-refractivity contribution < 1.29 is 0 Å². The Morgan fingerprint density at radius 2 is 2.35 bits per heavy atom. The van der Waals surface area contributed by atoms with E-state index >= 15 is 0 Å². The highest BCUT2D eigenvalue weighted by atomic mass is 79.9. The quantitative estimate of drug-likeness (QED) is 0.862. The van der Waals surface area contributed by atoms with Crippen LogP contribution in [0.5, 0.6) is 0 Å². The van der Waals surface area contributed by atoms with Crippen molar-refractivity contribution in [3.05, 3.63) is 21.0 Å². The highest BCUT2D eigenvalue weighted by molar-refractivity contribution is 9.10. The standard InChI is InChI=1S/C15H20BrN3O/c1-4-9-19-14(20)13(16)11(10-17-19)18-12-7-5-6-8-15(12,2)3/h1,10,12,18H,5-9H2,2-3H3. The van der Waals surface area contributed by atoms with E-state index < -0.39 is 0 Å². The van der Waals surface area contributed by atoms with Crippen LogP contribution in [0, 0.1) is 17.8 Å². The van der Waals surface area contributed by atoms with Crippen molar-refractivity contribution in [1.82, 2.24) is 9.78 Å². The fourth-order valence-corrected chi connectivity index (χ4v) is 3.14. The van der Waals surface area contributed by atoms with Gasteiger partial charge in [-0.05, 0) is 34.2 Å². The number of hydrogen-bond donors (Lipinski definition) is 1. The number of anilines is 1. The summed E-state index contributed by atoms with van der Waals surface area (Å²) in [6.07, 6.45) is 11.7. The van der Waals surface area contributed by atoms with Crippen molar-refractivity contribution in [3.63, 3.8) is 0 Å². The minimum atomic E-state index is -0.193. The summed E-state index contributed by atoms with van der Waals surface area (Å²) in [6.45, 7) is 4.72. The van der Waals surface area contributed by atoms with Crippen LogP contribution in [0.4, 0.5) is 5.69 Å². The van der Waals surface area contributed by atoms with E-state index in [4.69, 9.17) is 6.42 Å². The highest BCUT2D eigenvalue weighted by Gasteiger charge is 2.32. The molecule has 1 aromatic rings. The molecule has 1 aromatic heterocycles. The highest BCUT2D eigenvalue weighted by Crippen LogP contribution is 2.37. The molecule has 2 rings (SSSR count). The average molecular weight is 338 g/mol. The second-order valence-electron chi connectivity index (χ2n) is 5.97. The van der Waals surface area contributed by atoms with Crippen molar-refractivity contribution in [1.29, 1.82) is 0 Å². The van der Waals surface area contributed by atoms with Gasteiger partial charge in [-0.2, -0.15) is 5.10 Å². The van der Waals surface area contributed by atoms with Crippen LogP contribution in [0.3, 0.4) is 0 Å². The second kappa shape index (κ2) is 6.01. The summed E-state index contributed by atoms with van der Waals surface area (Å²) < 4.78 is 1.78. The zero-order chi connectivity index (χ0) is 14.8. The fraction of sp³-hybridized carbons (Fsp3) is 0.600. The molecule has 0 aliphatic heterocycles. The van der Waals surface area contributed by atoms with Gasteiger partial charge >= 0.3 is 0 Å². The Morgan fingerprint density at radius 3 is 3.00 bits per heavy atom. The van der Waals surface area contributed by atoms with E-state index in [0.717, 1.165) is 12.1 Å². The molecule has 0 radical (unpaired) electrons. The number of aromatic nitrogens is 2. The summed E-state index contributed by atoms with van der Waals surface area (Å²) in [5, 5.41) is 7.59. The Hall–Kier alpha value is -1.28. The zero-order valence-corrected chi connectivity index (χ0v) is 13.5. The van der Waals surface area contributed by atoms with Gasteiger partial charge in [0, 0.05) is 6.04 Å². The fourth-order valence-electron chi connectivity index (χ4n) is 2.71. The van der Waals surface area contributed by atoms with Crippen molar-refractivity contribution in [2.24, 2.45) is 5.41 Å². The topological polar surface area (TPSA) is 46.9 Å². The summed E-state index contributed by atoms with van der Waals surface area (Å²) >= 11 is 3.36. The molecule has 1 N–H and O–H groups in total. The molecule has 0 amide bonds. The van der Waals surface area contributed by atoms with Crippen molar-refractivity contribution >= 4 is 21.6 Å². The number of halogens is 1. The molecule has 1 aliphatic rings. The van der Waals surface area contributed by atoms with Crippen LogP contribution in [0.25, 0.3) is 0 Å². The molecule has 4 nitrogen and oxygen atoms in total. The van der Waals surface area contributed by atoms with Crippen LogP contribution in [0.1, 0.15) is 39.5 Å². The summed E-state index contributed by atoms with van der Waals surface area (Å²) in [5.41, 5.74) is 0.788. The monoisotopic (exact) mass is 337 g/mol. The maximum Gasteiger partial charge on any atom is 0.284 e. The molecular weight excluding hydrogens is 318 g/mol. The van der Waals surface area contributed by atoms with E-state index in [1.54, 1.807) is 6.20 Å². The van der Waals surface area contributed by atoms with Gasteiger partial charge in [-0.3, -0.25) is 4.79 Å². The number of terminal acetylenes is 1. The molecule has 1 heterocycles. The summed E-state index contributed by atoms with van der Waals surface area (Å²) in [4.78, 5) is 12.1. The average Bonchev–Trinajstić information content (AvgIpc) is 2.40. The first-order valence-electron chi connectivity index (χ1n) is 6.91. The summed E-state index contributed by atoms with van der Waals surface area (Å²) in [6, 6.07) is 0.359. The number of hydrogen-bond acceptors (Lipinski definition) is 3. The first kappa shape index (κ1) is 15.1. The van der Waals surface area contributed by atoms with Crippen LogP contribution in [0.2, 0.25) is 0 Å². The SMILES string of the molecule is C#CCn1ncc(NC2CCCCC2(C)C)c(Br)c1=O. The van der Waals surface area contributed by atoms with Crippen molar-refractivity contribution in [2.75, 3.05) is 5.32 Å². The minimum Gasteiger partial charge on any atom is -0.379 e. The largest absolute Gasteiger partial charge is 0.379 e. The minimum absolute atomic E-state index is 0.187. The zero-order valence-electron chi connectivity index (χ0n) is 11.9. The van der Waals surface area contributed by atoms with Gasteiger partial charge in [-0.25, -0.2) is 4.68 Å². The lowest BCUT2D eigenvalue weighted by molar-refractivity contribution is 0.217. The molecule has 1 atom stereocenters. The number of nitrogens with zero attached hydrogens (tertiary/aromatic N) is 2. The lowest BCUT2D eigenvalue weighted by atomic mass is 9.73. The molecule has 0 saturated heterocycles. The molecule has 0 bridgehead atoms. The van der Waals surface area contributed by atoms with Gasteiger partial charge in [0.15, 0.2) is 0 Å². The van der Waals surface area contributed by atoms with Gasteiger partial charge in [0.05, 0.1) is 11.9 Å². The Bertz CT molecular complexity index is 586. The predicted molar refractivity (Wildman–Crippen MR) is 84.7 cm³/mol. The molecule has 1 aliphatic carbocycles. The number of nitrogens with one attached hydrogen (secondary N) is 1. The smallest absolute Gasteiger partial charge is 0.284 e. The normalized spacial score (nSPS) is 21.2. The molecule has 1 saturated carbocycles. The van der Waals surface area contributed by atoms with Crippen LogP contribution >= 0.6 is 15.9 Å². The molecule has 0 aromatic carbocycles. The van der Waals surface area contributed by atoms with Gasteiger partial charge in [-0.1, -0.05) is 32.6 Å². The van der Waals surface area contributed by atoms with Gasteiger partial charge in [-0.15, -0.1) is 6.42 Å².